The van der Waals surface area contributed by atoms with Crippen molar-refractivity contribution in [1.82, 2.24) is 0 Å². The van der Waals surface area contributed by atoms with Crippen molar-refractivity contribution in [2.75, 3.05) is 0 Å². The van der Waals surface area contributed by atoms with E-state index in [1.807, 2.05) is 16.3 Å². The van der Waals surface area contributed by atoms with E-state index in [1.54, 1.807) is 10.8 Å². The second kappa shape index (κ2) is 15.4. The van der Waals surface area contributed by atoms with Crippen LogP contribution in [0, 0.1) is 20.8 Å². The number of hydrogen-bond donors (Lipinski definition) is 0. The summed E-state index contributed by atoms with van der Waals surface area (Å²) >= 11 is 4.44. The Morgan fingerprint density at radius 2 is 0.830 bits per heavy atom. The fourth-order valence-corrected chi connectivity index (χ4v) is 63.3. The monoisotopic (exact) mass is 865 g/mol. The average molecular weight is 867 g/mol. The fourth-order valence-electron chi connectivity index (χ4n) is 11.4. The second-order valence-corrected chi connectivity index (χ2v) is 65.8. The van der Waals surface area contributed by atoms with Gasteiger partial charge in [-0.25, -0.2) is 4.99 Å². The molecule has 292 valence electrons. The van der Waals surface area contributed by atoms with E-state index in [-0.39, 0.29) is 0 Å². The third-order valence-corrected chi connectivity index (χ3v) is 51.0. The van der Waals surface area contributed by atoms with Crippen LogP contribution in [0.25, 0.3) is 0 Å². The minimum atomic E-state index is -2.49. The molecule has 1 aliphatic rings. The molecule has 0 aliphatic carbocycles. The van der Waals surface area contributed by atoms with Crippen LogP contribution in [0.4, 0.5) is 5.69 Å². The van der Waals surface area contributed by atoms with Gasteiger partial charge in [-0.2, -0.15) is 0 Å². The van der Waals surface area contributed by atoms with Crippen molar-refractivity contribution in [3.05, 3.63) is 88.0 Å². The molecule has 0 unspecified atom stereocenters. The van der Waals surface area contributed by atoms with Gasteiger partial charge < -0.3 is 0 Å². The highest BCUT2D eigenvalue weighted by Crippen LogP contribution is 2.54. The number of hydrogen-bond acceptors (Lipinski definition) is 3. The molecule has 1 heterocycles. The van der Waals surface area contributed by atoms with Crippen molar-refractivity contribution < 1.29 is 0 Å². The van der Waals surface area contributed by atoms with Gasteiger partial charge in [-0.15, -0.1) is 22.4 Å². The summed E-state index contributed by atoms with van der Waals surface area (Å²) in [4.78, 5) is 5.37. The molecule has 1 fully saturated rings. The van der Waals surface area contributed by atoms with Crippen LogP contribution < -0.4 is 10.4 Å². The SMILES string of the molecule is Cc1cc(C)c([Si]2(c3c(C([Si](C)(C)C)[Si](C)(C)C)cc(C([Si](C)(C)C)[Si](C)(C)C)cc3C([Si](C)(C)C)[Si](C)(C)C)SC(=Nc3ccccc3)S2)c(C)c1. The van der Waals surface area contributed by atoms with Crippen LogP contribution in [0.2, 0.25) is 118 Å². The first-order valence-corrected chi connectivity index (χ1v) is 46.6. The van der Waals surface area contributed by atoms with E-state index in [2.05, 4.69) is 216 Å². The Balaban J connectivity index is 2.38. The summed E-state index contributed by atoms with van der Waals surface area (Å²) in [5.74, 6) is 0. The zero-order valence-corrected chi connectivity index (χ0v) is 46.3. The van der Waals surface area contributed by atoms with Gasteiger partial charge in [0.2, 0.25) is 0 Å². The van der Waals surface area contributed by atoms with Gasteiger partial charge >= 0.3 is 0 Å². The van der Waals surface area contributed by atoms with Crippen molar-refractivity contribution >= 4 is 97.7 Å². The van der Waals surface area contributed by atoms with Crippen LogP contribution in [0.1, 0.15) is 48.9 Å². The number of benzene rings is 3. The van der Waals surface area contributed by atoms with E-state index in [0.29, 0.717) is 15.5 Å². The number of aliphatic imine (C=N–C) groups is 1. The standard InChI is InChI=1S/C43H75NS2Si7/c1-31-27-32(2)38(33(3)28-31)53(45-43(46-53)44-35-25-23-22-24-26-35)39-36(41(49(10,11)12)50(13,14)15)29-34(40(47(4,5)6)48(7,8)9)30-37(39)42(51(16,17)18)52(19,20)21/h22-30,40-42H,1-21H3. The molecule has 53 heavy (non-hydrogen) atoms. The molecule has 10 heteroatoms. The Hall–Kier alpha value is -0.452. The molecule has 0 atom stereocenters. The molecule has 3 aromatic carbocycles. The quantitative estimate of drug-likeness (QED) is 0.168. The summed E-state index contributed by atoms with van der Waals surface area (Å²) in [6.07, 6.45) is -2.49. The van der Waals surface area contributed by atoms with Crippen LogP contribution >= 0.6 is 22.4 Å². The predicted octanol–water partition coefficient (Wildman–Crippen LogP) is 13.9. The normalized spacial score (nSPS) is 17.9. The molecule has 0 spiro atoms. The molecule has 0 bridgehead atoms. The molecule has 1 aliphatic heterocycles. The Bertz CT molecular complexity index is 1700. The third kappa shape index (κ3) is 9.82. The van der Waals surface area contributed by atoms with E-state index in [1.165, 1.54) is 21.1 Å². The van der Waals surface area contributed by atoms with Crippen molar-refractivity contribution in [2.24, 2.45) is 4.99 Å². The first-order chi connectivity index (χ1) is 23.8. The van der Waals surface area contributed by atoms with Gasteiger partial charge in [0.25, 0.3) is 6.37 Å². The van der Waals surface area contributed by atoms with Crippen LogP contribution in [0.5, 0.6) is 0 Å². The number of rotatable bonds is 12. The number of para-hydroxylation sites is 1. The number of aryl methyl sites for hydroxylation is 3. The highest BCUT2D eigenvalue weighted by atomic mass is 32.6. The molecule has 0 saturated carbocycles. The molecule has 3 aromatic rings. The summed E-state index contributed by atoms with van der Waals surface area (Å²) in [6.45, 7) is 55.6. The highest BCUT2D eigenvalue weighted by molar-refractivity contribution is 8.87. The van der Waals surface area contributed by atoms with Crippen molar-refractivity contribution in [2.45, 2.75) is 154 Å². The van der Waals surface area contributed by atoms with Gasteiger partial charge in [0.15, 0.2) is 0 Å². The van der Waals surface area contributed by atoms with Gasteiger partial charge in [-0.1, -0.05) is 166 Å². The van der Waals surface area contributed by atoms with Crippen molar-refractivity contribution in [1.29, 1.82) is 0 Å². The summed E-state index contributed by atoms with van der Waals surface area (Å²) in [6, 6.07) is 21.6. The van der Waals surface area contributed by atoms with E-state index in [0.717, 1.165) is 5.69 Å². The summed E-state index contributed by atoms with van der Waals surface area (Å²) < 4.78 is 1.26. The lowest BCUT2D eigenvalue weighted by Crippen LogP contribution is -2.66. The summed E-state index contributed by atoms with van der Waals surface area (Å²) in [7, 11) is -9.93. The van der Waals surface area contributed by atoms with Gasteiger partial charge in [-0.05, 0) is 86.6 Å². The summed E-state index contributed by atoms with van der Waals surface area (Å²) in [5, 5.41) is 5.56. The molecule has 0 aromatic heterocycles. The lowest BCUT2D eigenvalue weighted by Gasteiger charge is -2.50. The van der Waals surface area contributed by atoms with E-state index in [9.17, 15) is 0 Å². The largest absolute Gasteiger partial charge is 0.255 e. The van der Waals surface area contributed by atoms with E-state index in [4.69, 9.17) is 4.99 Å². The first-order valence-electron chi connectivity index (χ1n) is 20.1. The minimum Gasteiger partial charge on any atom is -0.236 e. The maximum absolute atomic E-state index is 5.37. The number of nitrogens with zero attached hydrogens (tertiary/aromatic N) is 1. The van der Waals surface area contributed by atoms with Crippen molar-refractivity contribution in [3.8, 4) is 0 Å². The molecule has 1 saturated heterocycles. The van der Waals surface area contributed by atoms with E-state index < -0.39 is 54.8 Å². The molecular formula is C43H75NS2Si7. The molecule has 0 radical (unpaired) electrons. The minimum absolute atomic E-state index is 0.670. The van der Waals surface area contributed by atoms with Gasteiger partial charge in [-0.3, -0.25) is 0 Å². The Morgan fingerprint density at radius 1 is 0.472 bits per heavy atom. The smallest absolute Gasteiger partial charge is 0.236 e. The van der Waals surface area contributed by atoms with Crippen LogP contribution in [0.3, 0.4) is 0 Å². The van der Waals surface area contributed by atoms with Crippen molar-refractivity contribution in [3.63, 3.8) is 0 Å². The first kappa shape index (κ1) is 45.3. The Labute approximate surface area is 342 Å². The van der Waals surface area contributed by atoms with Gasteiger partial charge in [0.1, 0.15) is 4.38 Å². The summed E-state index contributed by atoms with van der Waals surface area (Å²) in [5.41, 5.74) is 10.8. The van der Waals surface area contributed by atoms with Gasteiger partial charge in [0, 0.05) is 48.4 Å². The maximum Gasteiger partial charge on any atom is 0.255 e. The second-order valence-electron chi connectivity index (χ2n) is 22.9. The van der Waals surface area contributed by atoms with Crippen LogP contribution in [-0.4, -0.2) is 59.2 Å². The Morgan fingerprint density at radius 3 is 1.17 bits per heavy atom. The van der Waals surface area contributed by atoms with Crippen LogP contribution in [-0.2, 0) is 0 Å². The van der Waals surface area contributed by atoms with Crippen LogP contribution in [0.15, 0.2) is 59.6 Å². The molecule has 1 nitrogen and oxygen atoms in total. The lowest BCUT2D eigenvalue weighted by molar-refractivity contribution is 1.10. The zero-order valence-electron chi connectivity index (χ0n) is 37.7. The molecule has 4 rings (SSSR count). The lowest BCUT2D eigenvalue weighted by atomic mass is 10.1. The average Bonchev–Trinajstić information content (AvgIpc) is 2.86. The topological polar surface area (TPSA) is 12.4 Å². The van der Waals surface area contributed by atoms with Gasteiger partial charge in [0.05, 0.1) is 5.69 Å². The molecular weight excluding hydrogens is 791 g/mol. The molecule has 0 amide bonds. The van der Waals surface area contributed by atoms with E-state index >= 15 is 0 Å². The maximum atomic E-state index is 5.37. The Kier molecular flexibility index (Phi) is 13.1. The third-order valence-electron chi connectivity index (χ3n) is 11.1. The fraction of sp³-hybridized carbons (Fsp3) is 0.558. The molecule has 0 N–H and O–H groups in total. The zero-order chi connectivity index (χ0) is 40.5. The highest BCUT2D eigenvalue weighted by Gasteiger charge is 2.58. The predicted molar refractivity (Wildman–Crippen MR) is 269 cm³/mol.